The van der Waals surface area contributed by atoms with Crippen molar-refractivity contribution in [3.63, 3.8) is 0 Å². The summed E-state index contributed by atoms with van der Waals surface area (Å²) in [5.41, 5.74) is 0. The molecule has 1 saturated carbocycles. The second-order valence-corrected chi connectivity index (χ2v) is 9.37. The maximum absolute atomic E-state index is 3.42. The lowest BCUT2D eigenvalue weighted by molar-refractivity contribution is 0.310. The van der Waals surface area contributed by atoms with Crippen molar-refractivity contribution < 1.29 is 0 Å². The van der Waals surface area contributed by atoms with E-state index in [9.17, 15) is 0 Å². The van der Waals surface area contributed by atoms with Crippen molar-refractivity contribution in [1.29, 1.82) is 0 Å². The van der Waals surface area contributed by atoms with E-state index in [0.29, 0.717) is 11.8 Å². The fourth-order valence-electron chi connectivity index (χ4n) is 2.78. The SMILES string of the molecule is CC#Cc1ccc(C#CC#CC2CCC2C#Cc2ccc(-c3cccs3)s2)s1. The van der Waals surface area contributed by atoms with E-state index in [4.69, 9.17) is 0 Å². The first-order chi connectivity index (χ1) is 13.8. The van der Waals surface area contributed by atoms with Crippen molar-refractivity contribution in [3.8, 4) is 57.1 Å². The Bertz CT molecular complexity index is 1210. The van der Waals surface area contributed by atoms with Crippen LogP contribution in [0.1, 0.15) is 34.4 Å². The molecule has 0 spiro atoms. The highest BCUT2D eigenvalue weighted by Crippen LogP contribution is 2.34. The molecule has 0 bridgehead atoms. The van der Waals surface area contributed by atoms with Gasteiger partial charge in [-0.3, -0.25) is 0 Å². The Morgan fingerprint density at radius 3 is 2.25 bits per heavy atom. The summed E-state index contributed by atoms with van der Waals surface area (Å²) in [7, 11) is 0. The third kappa shape index (κ3) is 4.60. The summed E-state index contributed by atoms with van der Waals surface area (Å²) >= 11 is 5.14. The molecule has 0 nitrogen and oxygen atoms in total. The molecule has 0 aliphatic heterocycles. The third-order valence-corrected chi connectivity index (χ3v) is 7.37. The van der Waals surface area contributed by atoms with E-state index in [2.05, 4.69) is 77.0 Å². The monoisotopic (exact) mass is 412 g/mol. The van der Waals surface area contributed by atoms with Crippen LogP contribution in [0.15, 0.2) is 41.8 Å². The molecule has 0 radical (unpaired) electrons. The van der Waals surface area contributed by atoms with Crippen LogP contribution >= 0.6 is 34.0 Å². The van der Waals surface area contributed by atoms with Gasteiger partial charge < -0.3 is 0 Å². The number of thiophene rings is 3. The van der Waals surface area contributed by atoms with Gasteiger partial charge in [-0.15, -0.1) is 39.9 Å². The molecule has 0 amide bonds. The summed E-state index contributed by atoms with van der Waals surface area (Å²) in [6, 6.07) is 12.5. The van der Waals surface area contributed by atoms with Gasteiger partial charge in [0.15, 0.2) is 0 Å². The summed E-state index contributed by atoms with van der Waals surface area (Å²) in [6.45, 7) is 1.84. The smallest absolute Gasteiger partial charge is 0.0792 e. The first-order valence-electron chi connectivity index (χ1n) is 9.01. The Balaban J connectivity index is 1.36. The van der Waals surface area contributed by atoms with Gasteiger partial charge in [-0.25, -0.2) is 0 Å². The van der Waals surface area contributed by atoms with Gasteiger partial charge in [0.05, 0.1) is 14.6 Å². The molecule has 28 heavy (non-hydrogen) atoms. The Labute approximate surface area is 178 Å². The topological polar surface area (TPSA) is 0 Å². The first-order valence-corrected chi connectivity index (χ1v) is 11.5. The van der Waals surface area contributed by atoms with E-state index in [1.807, 2.05) is 19.1 Å². The minimum Gasteiger partial charge on any atom is -0.143 e. The van der Waals surface area contributed by atoms with Crippen molar-refractivity contribution in [2.24, 2.45) is 11.8 Å². The Morgan fingerprint density at radius 1 is 0.750 bits per heavy atom. The van der Waals surface area contributed by atoms with Crippen molar-refractivity contribution in [2.45, 2.75) is 19.8 Å². The van der Waals surface area contributed by atoms with E-state index in [1.54, 1.807) is 34.0 Å². The molecular weight excluding hydrogens is 396 g/mol. The molecule has 0 N–H and O–H groups in total. The predicted molar refractivity (Wildman–Crippen MR) is 122 cm³/mol. The lowest BCUT2D eigenvalue weighted by Gasteiger charge is -2.27. The van der Waals surface area contributed by atoms with E-state index < -0.39 is 0 Å². The summed E-state index contributed by atoms with van der Waals surface area (Å²) in [5, 5.41) is 2.11. The van der Waals surface area contributed by atoms with Crippen LogP contribution in [0, 0.1) is 59.2 Å². The summed E-state index contributed by atoms with van der Waals surface area (Å²) in [4.78, 5) is 5.79. The molecule has 2 atom stereocenters. The molecule has 0 aromatic carbocycles. The van der Waals surface area contributed by atoms with E-state index in [1.165, 1.54) is 9.75 Å². The van der Waals surface area contributed by atoms with Gasteiger partial charge in [-0.2, -0.15) is 0 Å². The maximum atomic E-state index is 3.42. The predicted octanol–water partition coefficient (Wildman–Crippen LogP) is 6.34. The van der Waals surface area contributed by atoms with Crippen molar-refractivity contribution >= 4 is 34.0 Å². The number of hydrogen-bond donors (Lipinski definition) is 0. The highest BCUT2D eigenvalue weighted by Gasteiger charge is 2.27. The van der Waals surface area contributed by atoms with Crippen molar-refractivity contribution in [3.05, 3.63) is 56.4 Å². The number of hydrogen-bond acceptors (Lipinski definition) is 3. The Hall–Kier alpha value is -2.66. The number of rotatable bonds is 1. The summed E-state index contributed by atoms with van der Waals surface area (Å²) in [5.74, 6) is 25.8. The zero-order valence-corrected chi connectivity index (χ0v) is 17.8. The Kier molecular flexibility index (Phi) is 6.02. The van der Waals surface area contributed by atoms with Crippen LogP contribution in [0.5, 0.6) is 0 Å². The maximum Gasteiger partial charge on any atom is 0.0792 e. The molecule has 1 aliphatic rings. The van der Waals surface area contributed by atoms with Crippen LogP contribution in [0.25, 0.3) is 9.75 Å². The van der Waals surface area contributed by atoms with Crippen LogP contribution in [0.4, 0.5) is 0 Å². The largest absolute Gasteiger partial charge is 0.143 e. The van der Waals surface area contributed by atoms with Gasteiger partial charge in [0.1, 0.15) is 0 Å². The van der Waals surface area contributed by atoms with Gasteiger partial charge in [0.2, 0.25) is 0 Å². The quantitative estimate of drug-likeness (QED) is 0.409. The van der Waals surface area contributed by atoms with Crippen LogP contribution < -0.4 is 0 Å². The van der Waals surface area contributed by atoms with Crippen LogP contribution in [-0.2, 0) is 0 Å². The fourth-order valence-corrected chi connectivity index (χ4v) is 5.25. The minimum atomic E-state index is 0.350. The molecule has 1 aliphatic carbocycles. The standard InChI is InChI=1S/C25H16S3/c1-2-6-21-14-15-22(27-21)8-4-3-7-19-10-11-20(19)12-13-23-16-17-25(28-23)24-9-5-18-26-24/h5,9,14-20H,10-11H2,1H3. The normalized spacial score (nSPS) is 16.8. The highest BCUT2D eigenvalue weighted by molar-refractivity contribution is 7.21. The molecule has 4 rings (SSSR count). The lowest BCUT2D eigenvalue weighted by atomic mass is 9.74. The summed E-state index contributed by atoms with van der Waals surface area (Å²) in [6.07, 6.45) is 2.25. The van der Waals surface area contributed by atoms with Crippen molar-refractivity contribution in [1.82, 2.24) is 0 Å². The average Bonchev–Trinajstić information content (AvgIpc) is 3.42. The van der Waals surface area contributed by atoms with Crippen LogP contribution in [-0.4, -0.2) is 0 Å². The second-order valence-electron chi connectivity index (χ2n) is 6.26. The van der Waals surface area contributed by atoms with Crippen LogP contribution in [0.2, 0.25) is 0 Å². The molecule has 3 heteroatoms. The highest BCUT2D eigenvalue weighted by atomic mass is 32.1. The zero-order valence-electron chi connectivity index (χ0n) is 15.3. The summed E-state index contributed by atoms with van der Waals surface area (Å²) < 4.78 is 0. The van der Waals surface area contributed by atoms with Gasteiger partial charge in [0.25, 0.3) is 0 Å². The lowest BCUT2D eigenvalue weighted by Crippen LogP contribution is -2.22. The third-order valence-electron chi connectivity index (χ3n) is 4.39. The van der Waals surface area contributed by atoms with E-state index >= 15 is 0 Å². The Morgan fingerprint density at radius 2 is 1.50 bits per heavy atom. The first kappa shape index (κ1) is 18.7. The molecule has 134 valence electrons. The van der Waals surface area contributed by atoms with Crippen LogP contribution in [0.3, 0.4) is 0 Å². The van der Waals surface area contributed by atoms with Gasteiger partial charge in [-0.05, 0) is 73.2 Å². The van der Waals surface area contributed by atoms with E-state index in [-0.39, 0.29) is 0 Å². The second kappa shape index (κ2) is 9.02. The average molecular weight is 413 g/mol. The van der Waals surface area contributed by atoms with Crippen molar-refractivity contribution in [2.75, 3.05) is 0 Å². The molecule has 1 fully saturated rings. The molecule has 0 saturated heterocycles. The van der Waals surface area contributed by atoms with Gasteiger partial charge in [0, 0.05) is 21.6 Å². The van der Waals surface area contributed by atoms with E-state index in [0.717, 1.165) is 27.5 Å². The molecule has 2 unspecified atom stereocenters. The molecule has 3 aromatic heterocycles. The van der Waals surface area contributed by atoms with Gasteiger partial charge >= 0.3 is 0 Å². The minimum absolute atomic E-state index is 0.350. The molecule has 3 aromatic rings. The zero-order chi connectivity index (χ0) is 19.2. The molecular formula is C25H16S3. The molecule has 3 heterocycles. The fraction of sp³-hybridized carbons (Fsp3) is 0.200. The van der Waals surface area contributed by atoms with Gasteiger partial charge in [-0.1, -0.05) is 29.7 Å².